The van der Waals surface area contributed by atoms with Crippen molar-refractivity contribution in [2.75, 3.05) is 13.7 Å². The van der Waals surface area contributed by atoms with E-state index in [0.29, 0.717) is 24.3 Å². The van der Waals surface area contributed by atoms with Crippen LogP contribution in [0.4, 0.5) is 0 Å². The van der Waals surface area contributed by atoms with Crippen LogP contribution in [-0.4, -0.2) is 35.6 Å². The monoisotopic (exact) mass is 303 g/mol. The third-order valence-corrected chi connectivity index (χ3v) is 3.70. The van der Waals surface area contributed by atoms with Crippen LogP contribution in [0.15, 0.2) is 30.5 Å². The van der Waals surface area contributed by atoms with Gasteiger partial charge in [-0.1, -0.05) is 12.2 Å². The van der Waals surface area contributed by atoms with E-state index in [1.54, 1.807) is 16.8 Å². The Balaban J connectivity index is 2.37. The molecule has 0 bridgehead atoms. The summed E-state index contributed by atoms with van der Waals surface area (Å²) in [5, 5.41) is 0. The van der Waals surface area contributed by atoms with Crippen molar-refractivity contribution in [1.29, 1.82) is 0 Å². The maximum atomic E-state index is 11.9. The van der Waals surface area contributed by atoms with Gasteiger partial charge in [-0.2, -0.15) is 0 Å². The van der Waals surface area contributed by atoms with Crippen molar-refractivity contribution in [1.82, 2.24) is 4.57 Å². The van der Waals surface area contributed by atoms with Crippen molar-refractivity contribution in [3.63, 3.8) is 0 Å². The number of esters is 1. The lowest BCUT2D eigenvalue weighted by atomic mass is 9.96. The SMILES string of the molecule is CCOC1(C)C=CC(n2cc(C(C)=O)cc2C(=O)OC)=CC1. The van der Waals surface area contributed by atoms with Gasteiger partial charge in [0.2, 0.25) is 0 Å². The Kier molecular flexibility index (Phi) is 4.66. The van der Waals surface area contributed by atoms with Crippen molar-refractivity contribution in [2.24, 2.45) is 0 Å². The van der Waals surface area contributed by atoms with Crippen molar-refractivity contribution in [3.05, 3.63) is 41.7 Å². The molecule has 22 heavy (non-hydrogen) atoms. The summed E-state index contributed by atoms with van der Waals surface area (Å²) in [7, 11) is 1.32. The number of ether oxygens (including phenoxy) is 2. The van der Waals surface area contributed by atoms with Crippen LogP contribution in [0.2, 0.25) is 0 Å². The normalized spacial score (nSPS) is 20.6. The summed E-state index contributed by atoms with van der Waals surface area (Å²) < 4.78 is 12.2. The van der Waals surface area contributed by atoms with Crippen LogP contribution in [0, 0.1) is 0 Å². The number of rotatable bonds is 5. The topological polar surface area (TPSA) is 57.5 Å². The number of carbonyl (C=O) groups is 2. The number of ketones is 1. The number of methoxy groups -OCH3 is 1. The minimum Gasteiger partial charge on any atom is -0.464 e. The average Bonchev–Trinajstić information content (AvgIpc) is 2.92. The molecule has 118 valence electrons. The van der Waals surface area contributed by atoms with Crippen LogP contribution in [0.25, 0.3) is 5.70 Å². The maximum absolute atomic E-state index is 11.9. The zero-order chi connectivity index (χ0) is 16.3. The van der Waals surface area contributed by atoms with Crippen LogP contribution in [0.5, 0.6) is 0 Å². The molecule has 1 aliphatic rings. The molecule has 0 spiro atoms. The van der Waals surface area contributed by atoms with Gasteiger partial charge in [0.25, 0.3) is 0 Å². The molecule has 0 aliphatic heterocycles. The summed E-state index contributed by atoms with van der Waals surface area (Å²) in [4.78, 5) is 23.5. The molecule has 1 unspecified atom stereocenters. The number of aromatic nitrogens is 1. The van der Waals surface area contributed by atoms with E-state index in [0.717, 1.165) is 5.70 Å². The Labute approximate surface area is 130 Å². The molecule has 1 aliphatic carbocycles. The first kappa shape index (κ1) is 16.2. The van der Waals surface area contributed by atoms with Gasteiger partial charge in [-0.3, -0.25) is 4.79 Å². The van der Waals surface area contributed by atoms with Crippen LogP contribution in [0.3, 0.4) is 0 Å². The summed E-state index contributed by atoms with van der Waals surface area (Å²) in [6, 6.07) is 1.55. The van der Waals surface area contributed by atoms with Crippen LogP contribution in [-0.2, 0) is 9.47 Å². The van der Waals surface area contributed by atoms with E-state index < -0.39 is 5.97 Å². The van der Waals surface area contributed by atoms with E-state index in [9.17, 15) is 9.59 Å². The summed E-state index contributed by atoms with van der Waals surface area (Å²) in [6.45, 7) is 6.07. The number of carbonyl (C=O) groups excluding carboxylic acids is 2. The zero-order valence-electron chi connectivity index (χ0n) is 13.4. The van der Waals surface area contributed by atoms with E-state index in [2.05, 4.69) is 0 Å². The highest BCUT2D eigenvalue weighted by Gasteiger charge is 2.25. The van der Waals surface area contributed by atoms with Crippen molar-refractivity contribution in [2.45, 2.75) is 32.8 Å². The maximum Gasteiger partial charge on any atom is 0.355 e. The molecule has 0 amide bonds. The molecule has 0 N–H and O–H groups in total. The van der Waals surface area contributed by atoms with Gasteiger partial charge in [0.1, 0.15) is 5.69 Å². The van der Waals surface area contributed by atoms with Gasteiger partial charge in [0.05, 0.1) is 12.7 Å². The van der Waals surface area contributed by atoms with E-state index in [4.69, 9.17) is 9.47 Å². The Morgan fingerprint density at radius 1 is 1.41 bits per heavy atom. The fraction of sp³-hybridized carbons (Fsp3) is 0.412. The molecule has 1 atom stereocenters. The van der Waals surface area contributed by atoms with Crippen molar-refractivity contribution < 1.29 is 19.1 Å². The Morgan fingerprint density at radius 3 is 2.64 bits per heavy atom. The second-order valence-corrected chi connectivity index (χ2v) is 5.44. The van der Waals surface area contributed by atoms with E-state index in [1.807, 2.05) is 32.1 Å². The molecule has 5 nitrogen and oxygen atoms in total. The second-order valence-electron chi connectivity index (χ2n) is 5.44. The predicted octanol–water partition coefficient (Wildman–Crippen LogP) is 3.07. The van der Waals surface area contributed by atoms with Crippen LogP contribution < -0.4 is 0 Å². The largest absolute Gasteiger partial charge is 0.464 e. The summed E-state index contributed by atoms with van der Waals surface area (Å²) in [5.74, 6) is -0.566. The minimum absolute atomic E-state index is 0.0940. The van der Waals surface area contributed by atoms with Crippen molar-refractivity contribution >= 4 is 17.4 Å². The lowest BCUT2D eigenvalue weighted by Gasteiger charge is -2.28. The number of allylic oxidation sites excluding steroid dienone is 2. The van der Waals surface area contributed by atoms with Gasteiger partial charge in [0.15, 0.2) is 5.78 Å². The highest BCUT2D eigenvalue weighted by Crippen LogP contribution is 2.28. The van der Waals surface area contributed by atoms with Crippen molar-refractivity contribution in [3.8, 4) is 0 Å². The zero-order valence-corrected chi connectivity index (χ0v) is 13.4. The number of hydrogen-bond donors (Lipinski definition) is 0. The molecule has 0 fully saturated rings. The summed E-state index contributed by atoms with van der Waals surface area (Å²) in [5.41, 5.74) is 1.31. The smallest absolute Gasteiger partial charge is 0.355 e. The minimum atomic E-state index is -0.472. The fourth-order valence-corrected chi connectivity index (χ4v) is 2.45. The standard InChI is InChI=1S/C17H21NO4/c1-5-22-17(3)8-6-14(7-9-17)18-11-13(12(2)19)10-15(18)16(20)21-4/h6-8,10-11H,5,9H2,1-4H3. The van der Waals surface area contributed by atoms with E-state index in [1.165, 1.54) is 14.0 Å². The molecule has 0 saturated heterocycles. The van der Waals surface area contributed by atoms with Gasteiger partial charge in [-0.05, 0) is 32.9 Å². The average molecular weight is 303 g/mol. The molecule has 5 heteroatoms. The van der Waals surface area contributed by atoms with Crippen LogP contribution in [0.1, 0.15) is 48.0 Å². The highest BCUT2D eigenvalue weighted by molar-refractivity contribution is 5.98. The molecule has 0 radical (unpaired) electrons. The lowest BCUT2D eigenvalue weighted by Crippen LogP contribution is -2.27. The molecule has 0 saturated carbocycles. The lowest BCUT2D eigenvalue weighted by molar-refractivity contribution is 0.0154. The van der Waals surface area contributed by atoms with Gasteiger partial charge in [0, 0.05) is 30.5 Å². The van der Waals surface area contributed by atoms with Gasteiger partial charge in [-0.15, -0.1) is 0 Å². The summed E-state index contributed by atoms with van der Waals surface area (Å²) >= 11 is 0. The third-order valence-electron chi connectivity index (χ3n) is 3.70. The number of Topliss-reactive ketones (excluding diaryl/α,β-unsaturated/α-hetero) is 1. The summed E-state index contributed by atoms with van der Waals surface area (Å²) in [6.07, 6.45) is 8.22. The molecule has 2 rings (SSSR count). The molecular formula is C17H21NO4. The van der Waals surface area contributed by atoms with E-state index >= 15 is 0 Å². The Morgan fingerprint density at radius 2 is 2.14 bits per heavy atom. The number of nitrogens with zero attached hydrogens (tertiary/aromatic N) is 1. The molecule has 1 aromatic rings. The van der Waals surface area contributed by atoms with E-state index in [-0.39, 0.29) is 11.4 Å². The Bertz CT molecular complexity index is 654. The third kappa shape index (κ3) is 3.20. The second kappa shape index (κ2) is 6.32. The molecular weight excluding hydrogens is 282 g/mol. The highest BCUT2D eigenvalue weighted by atomic mass is 16.5. The number of hydrogen-bond acceptors (Lipinski definition) is 4. The Hall–Kier alpha value is -2.14. The van der Waals surface area contributed by atoms with Gasteiger partial charge < -0.3 is 14.0 Å². The van der Waals surface area contributed by atoms with Gasteiger partial charge >= 0.3 is 5.97 Å². The predicted molar refractivity (Wildman–Crippen MR) is 83.8 cm³/mol. The first-order valence-electron chi connectivity index (χ1n) is 7.25. The molecule has 0 aromatic carbocycles. The molecule has 1 aromatic heterocycles. The van der Waals surface area contributed by atoms with Gasteiger partial charge in [-0.25, -0.2) is 4.79 Å². The first-order valence-corrected chi connectivity index (χ1v) is 7.25. The quantitative estimate of drug-likeness (QED) is 0.619. The fourth-order valence-electron chi connectivity index (χ4n) is 2.45. The van der Waals surface area contributed by atoms with Crippen LogP contribution >= 0.6 is 0 Å². The first-order chi connectivity index (χ1) is 10.4. The molecule has 1 heterocycles.